The lowest BCUT2D eigenvalue weighted by atomic mass is 9.84. The number of hydrogen-bond donors (Lipinski definition) is 2. The zero-order chi connectivity index (χ0) is 14.0. The first-order valence-corrected chi connectivity index (χ1v) is 5.90. The molecule has 0 aliphatic rings. The van der Waals surface area contributed by atoms with Gasteiger partial charge in [0.1, 0.15) is 6.04 Å². The number of aliphatic hydroxyl groups is 1. The van der Waals surface area contributed by atoms with E-state index in [4.69, 9.17) is 0 Å². The Labute approximate surface area is 104 Å². The van der Waals surface area contributed by atoms with Gasteiger partial charge in [-0.05, 0) is 6.92 Å². The number of Topliss-reactive ketones (excluding diaryl/α,β-unsaturated/α-hetero) is 1. The van der Waals surface area contributed by atoms with Crippen molar-refractivity contribution in [2.24, 2.45) is 10.8 Å². The summed E-state index contributed by atoms with van der Waals surface area (Å²) in [4.78, 5) is 23.9. The number of nitrogens with one attached hydrogen (secondary N) is 1. The third kappa shape index (κ3) is 4.86. The fourth-order valence-corrected chi connectivity index (χ4v) is 1.23. The molecular formula is C13H25NO3. The summed E-state index contributed by atoms with van der Waals surface area (Å²) in [5, 5.41) is 12.2. The van der Waals surface area contributed by atoms with Gasteiger partial charge in [-0.2, -0.15) is 0 Å². The monoisotopic (exact) mass is 243 g/mol. The number of amides is 1. The molecule has 0 bridgehead atoms. The van der Waals surface area contributed by atoms with Crippen LogP contribution in [-0.2, 0) is 9.59 Å². The average Bonchev–Trinajstić information content (AvgIpc) is 2.08. The summed E-state index contributed by atoms with van der Waals surface area (Å²) in [6.45, 7) is 12.1. The van der Waals surface area contributed by atoms with Crippen LogP contribution in [0.4, 0.5) is 0 Å². The molecule has 0 heterocycles. The van der Waals surface area contributed by atoms with Crippen molar-refractivity contribution in [1.29, 1.82) is 0 Å². The fourth-order valence-electron chi connectivity index (χ4n) is 1.23. The number of hydrogen-bond acceptors (Lipinski definition) is 3. The van der Waals surface area contributed by atoms with Gasteiger partial charge in [-0.15, -0.1) is 0 Å². The number of aliphatic hydroxyl groups excluding tert-OH is 1. The minimum Gasteiger partial charge on any atom is -0.391 e. The Morgan fingerprint density at radius 1 is 1.00 bits per heavy atom. The quantitative estimate of drug-likeness (QED) is 0.789. The van der Waals surface area contributed by atoms with Crippen LogP contribution in [0.2, 0.25) is 0 Å². The van der Waals surface area contributed by atoms with Crippen LogP contribution >= 0.6 is 0 Å². The molecule has 0 aromatic heterocycles. The topological polar surface area (TPSA) is 66.4 Å². The van der Waals surface area contributed by atoms with Gasteiger partial charge in [0.25, 0.3) is 0 Å². The second kappa shape index (κ2) is 5.17. The van der Waals surface area contributed by atoms with Crippen molar-refractivity contribution in [3.63, 3.8) is 0 Å². The van der Waals surface area contributed by atoms with Crippen molar-refractivity contribution in [1.82, 2.24) is 5.32 Å². The highest BCUT2D eigenvalue weighted by Gasteiger charge is 2.35. The Kier molecular flexibility index (Phi) is 4.90. The molecule has 0 aromatic rings. The second-order valence-corrected chi connectivity index (χ2v) is 6.56. The molecule has 0 radical (unpaired) electrons. The molecule has 4 nitrogen and oxygen atoms in total. The first kappa shape index (κ1) is 16.1. The van der Waals surface area contributed by atoms with Gasteiger partial charge in [-0.25, -0.2) is 0 Å². The Morgan fingerprint density at radius 3 is 1.65 bits per heavy atom. The number of carbonyl (C=O) groups is 2. The molecule has 0 saturated carbocycles. The molecule has 17 heavy (non-hydrogen) atoms. The van der Waals surface area contributed by atoms with Gasteiger partial charge >= 0.3 is 0 Å². The van der Waals surface area contributed by atoms with E-state index >= 15 is 0 Å². The minimum atomic E-state index is -0.895. The lowest BCUT2D eigenvalue weighted by Crippen LogP contribution is -2.53. The van der Waals surface area contributed by atoms with Crippen molar-refractivity contribution >= 4 is 11.7 Å². The van der Waals surface area contributed by atoms with Crippen LogP contribution in [-0.4, -0.2) is 28.9 Å². The molecule has 1 unspecified atom stereocenters. The predicted molar refractivity (Wildman–Crippen MR) is 67.5 cm³/mol. The van der Waals surface area contributed by atoms with E-state index in [9.17, 15) is 14.7 Å². The van der Waals surface area contributed by atoms with Crippen molar-refractivity contribution in [3.05, 3.63) is 0 Å². The predicted octanol–water partition coefficient (Wildman–Crippen LogP) is 1.51. The summed E-state index contributed by atoms with van der Waals surface area (Å²) in [6, 6.07) is -0.846. The third-order valence-electron chi connectivity index (χ3n) is 2.47. The summed E-state index contributed by atoms with van der Waals surface area (Å²) in [5.41, 5.74) is -1.17. The fraction of sp³-hybridized carbons (Fsp3) is 0.846. The summed E-state index contributed by atoms with van der Waals surface area (Å²) >= 11 is 0. The molecule has 100 valence electrons. The highest BCUT2D eigenvalue weighted by molar-refractivity contribution is 5.93. The van der Waals surface area contributed by atoms with Crippen molar-refractivity contribution in [2.45, 2.75) is 60.6 Å². The highest BCUT2D eigenvalue weighted by atomic mass is 16.3. The molecule has 2 N–H and O–H groups in total. The Hall–Kier alpha value is -0.900. The molecule has 4 heteroatoms. The molecule has 0 saturated heterocycles. The molecule has 0 aliphatic carbocycles. The normalized spacial score (nSPS) is 16.2. The molecule has 1 amide bonds. The molecular weight excluding hydrogens is 218 g/mol. The maximum absolute atomic E-state index is 12.1. The molecule has 2 atom stereocenters. The maximum atomic E-state index is 12.1. The van der Waals surface area contributed by atoms with Gasteiger partial charge in [0, 0.05) is 10.8 Å². The molecule has 0 aliphatic heterocycles. The SMILES string of the molecule is CC(O)[C@@H](NC(=O)C(C)(C)C)C(=O)C(C)(C)C. The van der Waals surface area contributed by atoms with Crippen molar-refractivity contribution < 1.29 is 14.7 Å². The maximum Gasteiger partial charge on any atom is 0.226 e. The van der Waals surface area contributed by atoms with E-state index in [2.05, 4.69) is 5.32 Å². The minimum absolute atomic E-state index is 0.162. The lowest BCUT2D eigenvalue weighted by molar-refractivity contribution is -0.138. The van der Waals surface area contributed by atoms with Gasteiger partial charge in [0.15, 0.2) is 5.78 Å². The largest absolute Gasteiger partial charge is 0.391 e. The van der Waals surface area contributed by atoms with Gasteiger partial charge in [0.05, 0.1) is 6.10 Å². The van der Waals surface area contributed by atoms with E-state index in [1.165, 1.54) is 6.92 Å². The molecule has 0 rings (SSSR count). The number of ketones is 1. The lowest BCUT2D eigenvalue weighted by Gasteiger charge is -2.29. The zero-order valence-corrected chi connectivity index (χ0v) is 11.9. The van der Waals surface area contributed by atoms with E-state index in [1.807, 2.05) is 0 Å². The van der Waals surface area contributed by atoms with Crippen LogP contribution in [0.1, 0.15) is 48.5 Å². The van der Waals surface area contributed by atoms with Gasteiger partial charge in [0.2, 0.25) is 5.91 Å². The molecule has 0 fully saturated rings. The summed E-state index contributed by atoms with van der Waals surface area (Å²) in [5.74, 6) is -0.397. The van der Waals surface area contributed by atoms with Gasteiger partial charge in [-0.3, -0.25) is 9.59 Å². The summed E-state index contributed by atoms with van der Waals surface area (Å²) in [7, 11) is 0. The van der Waals surface area contributed by atoms with E-state index in [0.29, 0.717) is 0 Å². The van der Waals surface area contributed by atoms with Crippen LogP contribution in [0.25, 0.3) is 0 Å². The standard InChI is InChI=1S/C13H25NO3/c1-8(15)9(10(16)12(2,3)4)14-11(17)13(5,6)7/h8-9,15H,1-7H3,(H,14,17)/t8?,9-/m1/s1. The van der Waals surface area contributed by atoms with E-state index in [1.54, 1.807) is 41.5 Å². The van der Waals surface area contributed by atoms with Crippen LogP contribution in [0.15, 0.2) is 0 Å². The second-order valence-electron chi connectivity index (χ2n) is 6.56. The first-order valence-electron chi connectivity index (χ1n) is 5.90. The Balaban J connectivity index is 4.92. The van der Waals surface area contributed by atoms with Gasteiger partial charge in [-0.1, -0.05) is 41.5 Å². The smallest absolute Gasteiger partial charge is 0.226 e. The highest BCUT2D eigenvalue weighted by Crippen LogP contribution is 2.20. The van der Waals surface area contributed by atoms with Crippen LogP contribution in [0, 0.1) is 10.8 Å². The zero-order valence-electron chi connectivity index (χ0n) is 11.9. The van der Waals surface area contributed by atoms with Crippen LogP contribution in [0.5, 0.6) is 0 Å². The first-order chi connectivity index (χ1) is 7.37. The number of carbonyl (C=O) groups excluding carboxylic acids is 2. The van der Waals surface area contributed by atoms with Crippen molar-refractivity contribution in [3.8, 4) is 0 Å². The van der Waals surface area contributed by atoms with E-state index < -0.39 is 23.0 Å². The van der Waals surface area contributed by atoms with Crippen LogP contribution < -0.4 is 5.32 Å². The van der Waals surface area contributed by atoms with Crippen LogP contribution in [0.3, 0.4) is 0 Å². The van der Waals surface area contributed by atoms with E-state index in [-0.39, 0.29) is 11.7 Å². The Morgan fingerprint density at radius 2 is 1.41 bits per heavy atom. The number of rotatable bonds is 3. The molecule has 0 aromatic carbocycles. The average molecular weight is 243 g/mol. The third-order valence-corrected chi connectivity index (χ3v) is 2.47. The Bertz CT molecular complexity index is 295. The van der Waals surface area contributed by atoms with Crippen molar-refractivity contribution in [2.75, 3.05) is 0 Å². The van der Waals surface area contributed by atoms with E-state index in [0.717, 1.165) is 0 Å². The van der Waals surface area contributed by atoms with Gasteiger partial charge < -0.3 is 10.4 Å². The summed E-state index contributed by atoms with van der Waals surface area (Å²) < 4.78 is 0. The summed E-state index contributed by atoms with van der Waals surface area (Å²) in [6.07, 6.45) is -0.895. The molecule has 0 spiro atoms.